The first-order valence-electron chi connectivity index (χ1n) is 9.48. The van der Waals surface area contributed by atoms with Crippen LogP contribution in [0.1, 0.15) is 38.2 Å². The van der Waals surface area contributed by atoms with Gasteiger partial charge in [-0.25, -0.2) is 9.38 Å². The van der Waals surface area contributed by atoms with Crippen LogP contribution in [0.3, 0.4) is 0 Å². The molecular weight excluding hydrogens is 347 g/mol. The van der Waals surface area contributed by atoms with Crippen LogP contribution in [0.5, 0.6) is 5.75 Å². The Kier molecular flexibility index (Phi) is 7.45. The van der Waals surface area contributed by atoms with E-state index < -0.39 is 5.82 Å². The van der Waals surface area contributed by atoms with E-state index >= 15 is 0 Å². The van der Waals surface area contributed by atoms with Gasteiger partial charge in [0, 0.05) is 27.2 Å². The summed E-state index contributed by atoms with van der Waals surface area (Å²) in [4.78, 5) is 18.9. The summed E-state index contributed by atoms with van der Waals surface area (Å²) >= 11 is 0. The van der Waals surface area contributed by atoms with Gasteiger partial charge in [-0.05, 0) is 37.5 Å². The van der Waals surface area contributed by atoms with Crippen molar-refractivity contribution in [2.75, 3.05) is 34.3 Å². The number of hydrogen-bond acceptors (Lipinski definition) is 3. The normalized spacial score (nSPS) is 16.1. The molecule has 1 saturated carbocycles. The lowest BCUT2D eigenvalue weighted by Gasteiger charge is -2.31. The summed E-state index contributed by atoms with van der Waals surface area (Å²) in [6, 6.07) is 4.83. The number of halogens is 1. The third-order valence-corrected chi connectivity index (χ3v) is 4.99. The van der Waals surface area contributed by atoms with Crippen molar-refractivity contribution in [3.63, 3.8) is 0 Å². The first-order valence-corrected chi connectivity index (χ1v) is 9.48. The molecule has 0 spiro atoms. The van der Waals surface area contributed by atoms with Gasteiger partial charge < -0.3 is 20.3 Å². The maximum absolute atomic E-state index is 13.8. The molecule has 2 rings (SSSR count). The van der Waals surface area contributed by atoms with Crippen LogP contribution in [0.25, 0.3) is 0 Å². The van der Waals surface area contributed by atoms with Gasteiger partial charge >= 0.3 is 0 Å². The molecule has 0 bridgehead atoms. The zero-order valence-electron chi connectivity index (χ0n) is 16.8. The average Bonchev–Trinajstić information content (AvgIpc) is 3.13. The van der Waals surface area contributed by atoms with E-state index in [0.717, 1.165) is 31.2 Å². The maximum atomic E-state index is 13.8. The van der Waals surface area contributed by atoms with E-state index in [9.17, 15) is 9.18 Å². The van der Waals surface area contributed by atoms with Crippen LogP contribution in [0, 0.1) is 11.2 Å². The fourth-order valence-corrected chi connectivity index (χ4v) is 3.57. The van der Waals surface area contributed by atoms with Crippen LogP contribution >= 0.6 is 0 Å². The lowest BCUT2D eigenvalue weighted by atomic mass is 9.84. The minimum atomic E-state index is -0.398. The van der Waals surface area contributed by atoms with Crippen LogP contribution in [-0.2, 0) is 11.3 Å². The van der Waals surface area contributed by atoms with E-state index in [1.807, 2.05) is 6.92 Å². The van der Waals surface area contributed by atoms with E-state index in [2.05, 4.69) is 15.6 Å². The van der Waals surface area contributed by atoms with Crippen LogP contribution in [0.4, 0.5) is 4.39 Å². The Morgan fingerprint density at radius 1 is 1.30 bits per heavy atom. The van der Waals surface area contributed by atoms with Gasteiger partial charge in [-0.2, -0.15) is 0 Å². The number of nitrogens with one attached hydrogen (secondary N) is 2. The molecule has 0 aromatic heterocycles. The van der Waals surface area contributed by atoms with Gasteiger partial charge in [0.25, 0.3) is 0 Å². The van der Waals surface area contributed by atoms with Crippen LogP contribution in [0.15, 0.2) is 23.2 Å². The van der Waals surface area contributed by atoms with E-state index in [0.29, 0.717) is 25.6 Å². The van der Waals surface area contributed by atoms with E-state index in [4.69, 9.17) is 4.74 Å². The number of carbonyl (C=O) groups is 1. The third kappa shape index (κ3) is 5.34. The fraction of sp³-hybridized carbons (Fsp3) is 0.600. The number of carbonyl (C=O) groups excluding carboxylic acids is 1. The largest absolute Gasteiger partial charge is 0.494 e. The molecule has 1 aromatic rings. The number of benzene rings is 1. The zero-order chi connectivity index (χ0) is 19.9. The molecule has 6 nitrogen and oxygen atoms in total. The highest BCUT2D eigenvalue weighted by atomic mass is 19.1. The molecule has 1 aliphatic rings. The molecule has 0 radical (unpaired) electrons. The second-order valence-electron chi connectivity index (χ2n) is 7.20. The minimum Gasteiger partial charge on any atom is -0.494 e. The summed E-state index contributed by atoms with van der Waals surface area (Å²) in [5.41, 5.74) is 0.386. The van der Waals surface area contributed by atoms with Crippen LogP contribution in [0.2, 0.25) is 0 Å². The Morgan fingerprint density at radius 3 is 2.56 bits per heavy atom. The quantitative estimate of drug-likeness (QED) is 0.565. The smallest absolute Gasteiger partial charge is 0.230 e. The molecule has 2 N–H and O–H groups in total. The summed E-state index contributed by atoms with van der Waals surface area (Å²) in [6.07, 6.45) is 3.92. The molecule has 1 fully saturated rings. The second kappa shape index (κ2) is 9.58. The molecule has 0 atom stereocenters. The first kappa shape index (κ1) is 21.0. The molecular formula is C20H31FN4O2. The summed E-state index contributed by atoms with van der Waals surface area (Å²) in [7, 11) is 5.05. The topological polar surface area (TPSA) is 66.0 Å². The molecule has 0 aliphatic heterocycles. The highest BCUT2D eigenvalue weighted by Crippen LogP contribution is 2.38. The zero-order valence-corrected chi connectivity index (χ0v) is 16.8. The summed E-state index contributed by atoms with van der Waals surface area (Å²) in [5, 5.41) is 6.51. The van der Waals surface area contributed by atoms with E-state index in [-0.39, 0.29) is 17.1 Å². The van der Waals surface area contributed by atoms with Gasteiger partial charge in [-0.15, -0.1) is 0 Å². The highest BCUT2D eigenvalue weighted by Gasteiger charge is 2.42. The van der Waals surface area contributed by atoms with Crippen molar-refractivity contribution in [1.29, 1.82) is 0 Å². The summed E-state index contributed by atoms with van der Waals surface area (Å²) < 4.78 is 18.8. The number of hydrogen-bond donors (Lipinski definition) is 2. The Labute approximate surface area is 161 Å². The van der Waals surface area contributed by atoms with Crippen molar-refractivity contribution in [3.05, 3.63) is 29.6 Å². The lowest BCUT2D eigenvalue weighted by molar-refractivity contribution is -0.138. The lowest BCUT2D eigenvalue weighted by Crippen LogP contribution is -2.49. The van der Waals surface area contributed by atoms with Gasteiger partial charge in [0.1, 0.15) is 0 Å². The molecule has 150 valence electrons. The summed E-state index contributed by atoms with van der Waals surface area (Å²) in [5.74, 6) is 0.620. The molecule has 0 unspecified atom stereocenters. The number of ether oxygens (including phenoxy) is 1. The maximum Gasteiger partial charge on any atom is 0.230 e. The molecule has 0 saturated heterocycles. The number of guanidine groups is 1. The molecule has 1 amide bonds. The second-order valence-corrected chi connectivity index (χ2v) is 7.20. The van der Waals surface area contributed by atoms with Crippen molar-refractivity contribution in [2.24, 2.45) is 10.4 Å². The Hall–Kier alpha value is -2.31. The monoisotopic (exact) mass is 378 g/mol. The average molecular weight is 378 g/mol. The number of rotatable bonds is 7. The highest BCUT2D eigenvalue weighted by molar-refractivity contribution is 5.85. The van der Waals surface area contributed by atoms with E-state index in [1.54, 1.807) is 31.1 Å². The van der Waals surface area contributed by atoms with Gasteiger partial charge in [-0.1, -0.05) is 18.9 Å². The van der Waals surface area contributed by atoms with Crippen molar-refractivity contribution in [2.45, 2.75) is 39.2 Å². The Morgan fingerprint density at radius 2 is 2.00 bits per heavy atom. The van der Waals surface area contributed by atoms with Gasteiger partial charge in [0.05, 0.1) is 19.1 Å². The van der Waals surface area contributed by atoms with Gasteiger partial charge in [0.2, 0.25) is 5.91 Å². The third-order valence-electron chi connectivity index (χ3n) is 4.99. The van der Waals surface area contributed by atoms with Crippen LogP contribution in [-0.4, -0.2) is 51.1 Å². The number of nitrogens with zero attached hydrogens (tertiary/aromatic N) is 2. The van der Waals surface area contributed by atoms with Crippen molar-refractivity contribution in [3.8, 4) is 5.75 Å². The van der Waals surface area contributed by atoms with Crippen LogP contribution < -0.4 is 15.4 Å². The summed E-state index contributed by atoms with van der Waals surface area (Å²) in [6.45, 7) is 3.58. The van der Waals surface area contributed by atoms with Gasteiger partial charge in [-0.3, -0.25) is 4.79 Å². The Balaban J connectivity index is 2.06. The van der Waals surface area contributed by atoms with Crippen molar-refractivity contribution < 1.29 is 13.9 Å². The SMILES string of the molecule is CCNC(=NCc1ccc(OC)c(F)c1)NCC1(C(=O)N(C)C)CCCC1. The van der Waals surface area contributed by atoms with Crippen molar-refractivity contribution in [1.82, 2.24) is 15.5 Å². The molecule has 1 aliphatic carbocycles. The predicted octanol–water partition coefficient (Wildman–Crippen LogP) is 2.54. The van der Waals surface area contributed by atoms with Gasteiger partial charge in [0.15, 0.2) is 17.5 Å². The predicted molar refractivity (Wildman–Crippen MR) is 105 cm³/mol. The van der Waals surface area contributed by atoms with E-state index in [1.165, 1.54) is 13.2 Å². The first-order chi connectivity index (χ1) is 12.9. The molecule has 1 aromatic carbocycles. The molecule has 27 heavy (non-hydrogen) atoms. The van der Waals surface area contributed by atoms with Crippen molar-refractivity contribution >= 4 is 11.9 Å². The Bertz CT molecular complexity index is 670. The number of aliphatic imine (C=N–C) groups is 1. The molecule has 0 heterocycles. The molecule has 7 heteroatoms. The minimum absolute atomic E-state index is 0.167. The number of amides is 1. The fourth-order valence-electron chi connectivity index (χ4n) is 3.57. The number of methoxy groups -OCH3 is 1. The standard InChI is InChI=1S/C20H31FN4O2/c1-5-22-19(23-13-15-8-9-17(27-4)16(21)12-15)24-14-20(10-6-7-11-20)18(26)25(2)3/h8-9,12H,5-7,10-11,13-14H2,1-4H3,(H2,22,23,24).